The summed E-state index contributed by atoms with van der Waals surface area (Å²) in [6.45, 7) is 4.72. The van der Waals surface area contributed by atoms with Crippen molar-refractivity contribution in [2.75, 3.05) is 6.61 Å². The molecule has 0 bridgehead atoms. The number of rotatable bonds is 4. The molecule has 1 atom stereocenters. The van der Waals surface area contributed by atoms with E-state index in [9.17, 15) is 0 Å². The van der Waals surface area contributed by atoms with Gasteiger partial charge in [-0.05, 0) is 25.5 Å². The van der Waals surface area contributed by atoms with E-state index >= 15 is 0 Å². The Balaban J connectivity index is 2.30. The number of aromatic nitrogens is 2. The van der Waals surface area contributed by atoms with Crippen molar-refractivity contribution in [2.45, 2.75) is 25.6 Å². The molecular weight excluding hydrogens is 224 g/mol. The Hall–Kier alpha value is -1.22. The number of halogens is 1. The summed E-state index contributed by atoms with van der Waals surface area (Å²) >= 11 is 5.97. The van der Waals surface area contributed by atoms with Crippen LogP contribution in [0.5, 0.6) is 5.75 Å². The Morgan fingerprint density at radius 3 is 3.00 bits per heavy atom. The van der Waals surface area contributed by atoms with E-state index in [4.69, 9.17) is 16.3 Å². The number of fused-ring (bicyclic) bond motifs is 1. The Morgan fingerprint density at radius 2 is 2.31 bits per heavy atom. The lowest BCUT2D eigenvalue weighted by molar-refractivity contribution is 0.318. The van der Waals surface area contributed by atoms with Crippen LogP contribution < -0.4 is 4.74 Å². The van der Waals surface area contributed by atoms with E-state index in [1.165, 1.54) is 0 Å². The van der Waals surface area contributed by atoms with Crippen LogP contribution in [0.25, 0.3) is 11.0 Å². The molecule has 0 radical (unpaired) electrons. The minimum absolute atomic E-state index is 0.104. The summed E-state index contributed by atoms with van der Waals surface area (Å²) in [6.07, 6.45) is 1.00. The first-order chi connectivity index (χ1) is 7.70. The standard InChI is InChI=1S/C12H15ClN2O/c1-3-6-16-9-4-5-10-11(7-9)15-12(14-10)8(2)13/h4-5,7-8H,3,6H2,1-2H3,(H,14,15). The van der Waals surface area contributed by atoms with Gasteiger partial charge in [-0.3, -0.25) is 0 Å². The van der Waals surface area contributed by atoms with Gasteiger partial charge in [-0.1, -0.05) is 6.92 Å². The van der Waals surface area contributed by atoms with Crippen LogP contribution in [0.2, 0.25) is 0 Å². The molecule has 0 spiro atoms. The highest BCUT2D eigenvalue weighted by Gasteiger charge is 2.08. The van der Waals surface area contributed by atoms with E-state index in [1.807, 2.05) is 25.1 Å². The van der Waals surface area contributed by atoms with Gasteiger partial charge in [-0.2, -0.15) is 0 Å². The van der Waals surface area contributed by atoms with Crippen molar-refractivity contribution in [2.24, 2.45) is 0 Å². The molecule has 86 valence electrons. The van der Waals surface area contributed by atoms with Crippen LogP contribution in [0.15, 0.2) is 18.2 Å². The van der Waals surface area contributed by atoms with Crippen molar-refractivity contribution in [1.29, 1.82) is 0 Å². The highest BCUT2D eigenvalue weighted by molar-refractivity contribution is 6.20. The predicted octanol–water partition coefficient (Wildman–Crippen LogP) is 3.65. The fraction of sp³-hybridized carbons (Fsp3) is 0.417. The van der Waals surface area contributed by atoms with Crippen LogP contribution in [0.1, 0.15) is 31.5 Å². The third-order valence-corrected chi connectivity index (χ3v) is 2.53. The maximum absolute atomic E-state index is 5.97. The van der Waals surface area contributed by atoms with Gasteiger partial charge in [0.15, 0.2) is 0 Å². The van der Waals surface area contributed by atoms with Crippen LogP contribution in [-0.2, 0) is 0 Å². The first-order valence-corrected chi connectivity index (χ1v) is 5.91. The smallest absolute Gasteiger partial charge is 0.125 e. The normalized spacial score (nSPS) is 12.9. The molecule has 16 heavy (non-hydrogen) atoms. The van der Waals surface area contributed by atoms with E-state index in [2.05, 4.69) is 16.9 Å². The molecular formula is C12H15ClN2O. The molecule has 0 aliphatic carbocycles. The number of hydrogen-bond acceptors (Lipinski definition) is 2. The summed E-state index contributed by atoms with van der Waals surface area (Å²) in [6, 6.07) is 5.84. The number of hydrogen-bond donors (Lipinski definition) is 1. The lowest BCUT2D eigenvalue weighted by Gasteiger charge is -2.03. The number of nitrogens with one attached hydrogen (secondary N) is 1. The van der Waals surface area contributed by atoms with E-state index in [1.54, 1.807) is 0 Å². The number of alkyl halides is 1. The summed E-state index contributed by atoms with van der Waals surface area (Å²) < 4.78 is 5.55. The molecule has 1 N–H and O–H groups in total. The largest absolute Gasteiger partial charge is 0.494 e. The van der Waals surface area contributed by atoms with Gasteiger partial charge in [-0.25, -0.2) is 4.98 Å². The second kappa shape index (κ2) is 4.74. The van der Waals surface area contributed by atoms with Crippen LogP contribution in [-0.4, -0.2) is 16.6 Å². The van der Waals surface area contributed by atoms with Crippen LogP contribution in [0.3, 0.4) is 0 Å². The van der Waals surface area contributed by atoms with E-state index in [0.717, 1.165) is 35.6 Å². The molecule has 1 aromatic heterocycles. The van der Waals surface area contributed by atoms with Crippen molar-refractivity contribution < 1.29 is 4.74 Å². The summed E-state index contributed by atoms with van der Waals surface area (Å²) in [4.78, 5) is 7.58. The predicted molar refractivity (Wildman–Crippen MR) is 66.1 cm³/mol. The molecule has 4 heteroatoms. The number of aromatic amines is 1. The minimum Gasteiger partial charge on any atom is -0.494 e. The fourth-order valence-electron chi connectivity index (χ4n) is 1.51. The monoisotopic (exact) mass is 238 g/mol. The molecule has 0 aliphatic rings. The highest BCUT2D eigenvalue weighted by Crippen LogP contribution is 2.23. The van der Waals surface area contributed by atoms with Gasteiger partial charge >= 0.3 is 0 Å². The van der Waals surface area contributed by atoms with Crippen molar-refractivity contribution in [1.82, 2.24) is 9.97 Å². The Bertz CT molecular complexity index is 479. The molecule has 2 rings (SSSR count). The first-order valence-electron chi connectivity index (χ1n) is 5.47. The Morgan fingerprint density at radius 1 is 1.50 bits per heavy atom. The second-order valence-corrected chi connectivity index (χ2v) is 4.42. The third kappa shape index (κ3) is 2.30. The maximum atomic E-state index is 5.97. The maximum Gasteiger partial charge on any atom is 0.125 e. The quantitative estimate of drug-likeness (QED) is 0.826. The molecule has 1 heterocycles. The zero-order valence-corrected chi connectivity index (χ0v) is 10.2. The first kappa shape index (κ1) is 11.3. The third-order valence-electron chi connectivity index (χ3n) is 2.32. The summed E-state index contributed by atoms with van der Waals surface area (Å²) in [5, 5.41) is -0.104. The lowest BCUT2D eigenvalue weighted by Crippen LogP contribution is -1.94. The zero-order valence-electron chi connectivity index (χ0n) is 9.46. The van der Waals surface area contributed by atoms with Crippen molar-refractivity contribution in [3.8, 4) is 5.75 Å². The van der Waals surface area contributed by atoms with Crippen LogP contribution in [0.4, 0.5) is 0 Å². The molecule has 0 saturated carbocycles. The molecule has 2 aromatic rings. The van der Waals surface area contributed by atoms with Gasteiger partial charge in [0.1, 0.15) is 11.6 Å². The lowest BCUT2D eigenvalue weighted by atomic mass is 10.3. The van der Waals surface area contributed by atoms with Crippen molar-refractivity contribution in [3.63, 3.8) is 0 Å². The van der Waals surface area contributed by atoms with E-state index in [0.29, 0.717) is 0 Å². The zero-order chi connectivity index (χ0) is 11.5. The fourth-order valence-corrected chi connectivity index (χ4v) is 1.61. The number of H-pyrrole nitrogens is 1. The van der Waals surface area contributed by atoms with Gasteiger partial charge in [0, 0.05) is 6.07 Å². The van der Waals surface area contributed by atoms with E-state index in [-0.39, 0.29) is 5.38 Å². The van der Waals surface area contributed by atoms with Gasteiger partial charge in [0.2, 0.25) is 0 Å². The molecule has 3 nitrogen and oxygen atoms in total. The Kier molecular flexibility index (Phi) is 3.34. The highest BCUT2D eigenvalue weighted by atomic mass is 35.5. The van der Waals surface area contributed by atoms with Crippen molar-refractivity contribution in [3.05, 3.63) is 24.0 Å². The molecule has 1 aromatic carbocycles. The molecule has 0 amide bonds. The van der Waals surface area contributed by atoms with Gasteiger partial charge in [0.05, 0.1) is 23.0 Å². The number of benzene rings is 1. The average molecular weight is 239 g/mol. The summed E-state index contributed by atoms with van der Waals surface area (Å²) in [7, 11) is 0. The van der Waals surface area contributed by atoms with Crippen LogP contribution >= 0.6 is 11.6 Å². The molecule has 1 unspecified atom stereocenters. The Labute approximate surface area is 99.8 Å². The number of nitrogens with zero attached hydrogens (tertiary/aromatic N) is 1. The molecule has 0 aliphatic heterocycles. The average Bonchev–Trinajstić information content (AvgIpc) is 2.69. The second-order valence-electron chi connectivity index (χ2n) is 3.77. The van der Waals surface area contributed by atoms with Gasteiger partial charge < -0.3 is 9.72 Å². The van der Waals surface area contributed by atoms with Gasteiger partial charge in [0.25, 0.3) is 0 Å². The minimum atomic E-state index is -0.104. The summed E-state index contributed by atoms with van der Waals surface area (Å²) in [5.41, 5.74) is 1.89. The summed E-state index contributed by atoms with van der Waals surface area (Å²) in [5.74, 6) is 1.66. The van der Waals surface area contributed by atoms with Crippen molar-refractivity contribution >= 4 is 22.6 Å². The van der Waals surface area contributed by atoms with Crippen LogP contribution in [0, 0.1) is 0 Å². The topological polar surface area (TPSA) is 37.9 Å². The molecule has 0 saturated heterocycles. The molecule has 0 fully saturated rings. The van der Waals surface area contributed by atoms with E-state index < -0.39 is 0 Å². The van der Waals surface area contributed by atoms with Gasteiger partial charge in [-0.15, -0.1) is 11.6 Å². The number of ether oxygens (including phenoxy) is 1. The SMILES string of the molecule is CCCOc1ccc2nc(C(C)Cl)[nH]c2c1. The number of imidazole rings is 1.